The number of carbonyl (C=O) groups is 1. The van der Waals surface area contributed by atoms with E-state index in [-0.39, 0.29) is 5.97 Å². The van der Waals surface area contributed by atoms with Gasteiger partial charge in [0.1, 0.15) is 6.04 Å². The molecule has 1 atom stereocenters. The third-order valence-corrected chi connectivity index (χ3v) is 2.26. The first-order valence-corrected chi connectivity index (χ1v) is 6.20. The second kappa shape index (κ2) is 9.60. The molecule has 3 N–H and O–H groups in total. The molecule has 0 rings (SSSR count). The number of carbonyl (C=O) groups excluding carboxylic acids is 1. The van der Waals surface area contributed by atoms with Gasteiger partial charge in [0.2, 0.25) is 0 Å². The molecule has 0 bridgehead atoms. The third kappa shape index (κ3) is 8.68. The lowest BCUT2D eigenvalue weighted by Gasteiger charge is -2.10. The average molecular weight is 230 g/mol. The van der Waals surface area contributed by atoms with Crippen molar-refractivity contribution < 1.29 is 9.53 Å². The molecule has 96 valence electrons. The average Bonchev–Trinajstić information content (AvgIpc) is 2.22. The van der Waals surface area contributed by atoms with E-state index >= 15 is 0 Å². The lowest BCUT2D eigenvalue weighted by Crippen LogP contribution is -2.32. The second-order valence-corrected chi connectivity index (χ2v) is 4.45. The first-order valence-electron chi connectivity index (χ1n) is 6.20. The van der Waals surface area contributed by atoms with Gasteiger partial charge in [-0.05, 0) is 38.8 Å². The molecule has 0 fully saturated rings. The lowest BCUT2D eigenvalue weighted by molar-refractivity contribution is -0.144. The van der Waals surface area contributed by atoms with Crippen molar-refractivity contribution in [1.82, 2.24) is 5.32 Å². The van der Waals surface area contributed by atoms with Crippen molar-refractivity contribution in [2.24, 2.45) is 11.7 Å². The Morgan fingerprint density at radius 3 is 2.62 bits per heavy atom. The topological polar surface area (TPSA) is 64.3 Å². The Morgan fingerprint density at radius 1 is 1.38 bits per heavy atom. The summed E-state index contributed by atoms with van der Waals surface area (Å²) in [5, 5.41) is 3.36. The van der Waals surface area contributed by atoms with Crippen molar-refractivity contribution >= 4 is 5.97 Å². The van der Waals surface area contributed by atoms with Gasteiger partial charge in [0, 0.05) is 0 Å². The van der Waals surface area contributed by atoms with Gasteiger partial charge in [-0.15, -0.1) is 0 Å². The molecule has 4 nitrogen and oxygen atoms in total. The highest BCUT2D eigenvalue weighted by atomic mass is 16.5. The van der Waals surface area contributed by atoms with Crippen LogP contribution in [0.4, 0.5) is 0 Å². The fraction of sp³-hybridized carbons (Fsp3) is 0.917. The molecule has 0 aromatic rings. The van der Waals surface area contributed by atoms with Crippen LogP contribution in [0.2, 0.25) is 0 Å². The van der Waals surface area contributed by atoms with Crippen molar-refractivity contribution in [3.63, 3.8) is 0 Å². The first-order chi connectivity index (χ1) is 7.57. The summed E-state index contributed by atoms with van der Waals surface area (Å²) in [7, 11) is 0. The van der Waals surface area contributed by atoms with Crippen molar-refractivity contribution in [2.45, 2.75) is 46.1 Å². The molecule has 0 aliphatic heterocycles. The van der Waals surface area contributed by atoms with E-state index in [2.05, 4.69) is 19.2 Å². The molecule has 0 heterocycles. The molecule has 16 heavy (non-hydrogen) atoms. The van der Waals surface area contributed by atoms with Crippen LogP contribution in [-0.2, 0) is 9.53 Å². The zero-order chi connectivity index (χ0) is 12.4. The molecular weight excluding hydrogens is 204 g/mol. The van der Waals surface area contributed by atoms with Crippen molar-refractivity contribution in [3.05, 3.63) is 0 Å². The van der Waals surface area contributed by atoms with E-state index in [1.807, 2.05) is 0 Å². The van der Waals surface area contributed by atoms with E-state index in [1.54, 1.807) is 6.92 Å². The highest BCUT2D eigenvalue weighted by Crippen LogP contribution is 2.00. The molecule has 0 radical (unpaired) electrons. The Balaban J connectivity index is 3.34. The second-order valence-electron chi connectivity index (χ2n) is 4.45. The monoisotopic (exact) mass is 230 g/mol. The predicted molar refractivity (Wildman–Crippen MR) is 66.2 cm³/mol. The molecule has 0 saturated heterocycles. The minimum Gasteiger partial charge on any atom is -0.465 e. The predicted octanol–water partition coefficient (Wildman–Crippen LogP) is 1.29. The maximum Gasteiger partial charge on any atom is 0.322 e. The van der Waals surface area contributed by atoms with E-state index < -0.39 is 6.04 Å². The van der Waals surface area contributed by atoms with Gasteiger partial charge in [0.05, 0.1) is 6.61 Å². The van der Waals surface area contributed by atoms with Crippen LogP contribution in [0.1, 0.15) is 40.0 Å². The maximum atomic E-state index is 11.2. The molecule has 0 saturated carbocycles. The Labute approximate surface area is 98.9 Å². The van der Waals surface area contributed by atoms with Crippen LogP contribution in [0.25, 0.3) is 0 Å². The van der Waals surface area contributed by atoms with E-state index in [0.29, 0.717) is 18.9 Å². The zero-order valence-electron chi connectivity index (χ0n) is 10.8. The summed E-state index contributed by atoms with van der Waals surface area (Å²) in [6, 6.07) is -0.454. The molecule has 4 heteroatoms. The summed E-state index contributed by atoms with van der Waals surface area (Å²) in [5.41, 5.74) is 5.67. The Morgan fingerprint density at radius 2 is 2.06 bits per heavy atom. The standard InChI is InChI=1S/C12H26N2O2/c1-4-16-12(15)11(13)7-5-6-8-14-9-10(2)3/h10-11,14H,4-9,13H2,1-3H3/t11-/m0/s1. The summed E-state index contributed by atoms with van der Waals surface area (Å²) in [6.45, 7) is 8.61. The van der Waals surface area contributed by atoms with Crippen LogP contribution in [0.5, 0.6) is 0 Å². The van der Waals surface area contributed by atoms with Crippen LogP contribution in [0.3, 0.4) is 0 Å². The molecule has 0 amide bonds. The molecule has 0 aromatic heterocycles. The van der Waals surface area contributed by atoms with Crippen LogP contribution in [-0.4, -0.2) is 31.7 Å². The Kier molecular flexibility index (Phi) is 9.24. The summed E-state index contributed by atoms with van der Waals surface area (Å²) in [6.07, 6.45) is 2.73. The number of nitrogens with two attached hydrogens (primary N) is 1. The number of nitrogens with one attached hydrogen (secondary N) is 1. The van der Waals surface area contributed by atoms with Gasteiger partial charge < -0.3 is 15.8 Å². The molecule has 0 aromatic carbocycles. The van der Waals surface area contributed by atoms with Gasteiger partial charge in [0.15, 0.2) is 0 Å². The van der Waals surface area contributed by atoms with Gasteiger partial charge in [-0.25, -0.2) is 0 Å². The van der Waals surface area contributed by atoms with Crippen molar-refractivity contribution in [1.29, 1.82) is 0 Å². The van der Waals surface area contributed by atoms with Crippen molar-refractivity contribution in [2.75, 3.05) is 19.7 Å². The number of ether oxygens (including phenoxy) is 1. The normalized spacial score (nSPS) is 12.8. The maximum absolute atomic E-state index is 11.2. The number of rotatable bonds is 9. The summed E-state index contributed by atoms with van der Waals surface area (Å²) < 4.78 is 4.83. The lowest BCUT2D eigenvalue weighted by atomic mass is 10.1. The van der Waals surface area contributed by atoms with Gasteiger partial charge in [-0.3, -0.25) is 4.79 Å². The van der Waals surface area contributed by atoms with Crippen LogP contribution in [0.15, 0.2) is 0 Å². The van der Waals surface area contributed by atoms with E-state index in [9.17, 15) is 4.79 Å². The van der Waals surface area contributed by atoms with E-state index in [4.69, 9.17) is 10.5 Å². The summed E-state index contributed by atoms with van der Waals surface area (Å²) >= 11 is 0. The number of hydrogen-bond donors (Lipinski definition) is 2. The van der Waals surface area contributed by atoms with Gasteiger partial charge in [-0.1, -0.05) is 20.3 Å². The number of hydrogen-bond acceptors (Lipinski definition) is 4. The summed E-state index contributed by atoms with van der Waals surface area (Å²) in [5.74, 6) is 0.402. The fourth-order valence-electron chi connectivity index (χ4n) is 1.37. The summed E-state index contributed by atoms with van der Waals surface area (Å²) in [4.78, 5) is 11.2. The highest BCUT2D eigenvalue weighted by molar-refractivity contribution is 5.75. The Bertz CT molecular complexity index is 184. The molecule has 0 aliphatic rings. The smallest absolute Gasteiger partial charge is 0.322 e. The molecular formula is C12H26N2O2. The fourth-order valence-corrected chi connectivity index (χ4v) is 1.37. The van der Waals surface area contributed by atoms with Crippen LogP contribution in [0, 0.1) is 5.92 Å². The van der Waals surface area contributed by atoms with Gasteiger partial charge >= 0.3 is 5.97 Å². The van der Waals surface area contributed by atoms with Gasteiger partial charge in [-0.2, -0.15) is 0 Å². The quantitative estimate of drug-likeness (QED) is 0.463. The largest absolute Gasteiger partial charge is 0.465 e. The number of esters is 1. The van der Waals surface area contributed by atoms with E-state index in [0.717, 1.165) is 25.9 Å². The molecule has 0 spiro atoms. The Hall–Kier alpha value is -0.610. The van der Waals surface area contributed by atoms with E-state index in [1.165, 1.54) is 0 Å². The number of unbranched alkanes of at least 4 members (excludes halogenated alkanes) is 1. The molecule has 0 unspecified atom stereocenters. The SMILES string of the molecule is CCOC(=O)[C@@H](N)CCCCNCC(C)C. The minimum absolute atomic E-state index is 0.280. The van der Waals surface area contributed by atoms with Crippen LogP contribution >= 0.6 is 0 Å². The first kappa shape index (κ1) is 15.4. The van der Waals surface area contributed by atoms with Crippen molar-refractivity contribution in [3.8, 4) is 0 Å². The third-order valence-electron chi connectivity index (χ3n) is 2.26. The van der Waals surface area contributed by atoms with Crippen LogP contribution < -0.4 is 11.1 Å². The highest BCUT2D eigenvalue weighted by Gasteiger charge is 2.13. The molecule has 0 aliphatic carbocycles. The minimum atomic E-state index is -0.454. The van der Waals surface area contributed by atoms with Gasteiger partial charge in [0.25, 0.3) is 0 Å². The zero-order valence-corrected chi connectivity index (χ0v) is 10.8.